The molecule has 1 aliphatic rings. The van der Waals surface area contributed by atoms with Crippen LogP contribution in [0.5, 0.6) is 0 Å². The highest BCUT2D eigenvalue weighted by atomic mass is 35.5. The Kier molecular flexibility index (Phi) is 9.34. The van der Waals surface area contributed by atoms with Crippen LogP contribution in [0.1, 0.15) is 54.2 Å². The lowest BCUT2D eigenvalue weighted by Gasteiger charge is -2.42. The van der Waals surface area contributed by atoms with E-state index in [0.717, 1.165) is 0 Å². The Morgan fingerprint density at radius 3 is 2.35 bits per heavy atom. The molecule has 178 valence electrons. The molecule has 0 unspecified atom stereocenters. The number of ether oxygens (including phenoxy) is 1. The Hall–Kier alpha value is -0.743. The van der Waals surface area contributed by atoms with Crippen LogP contribution in [-0.2, 0) is 24.8 Å². The molecule has 1 fully saturated rings. The van der Waals surface area contributed by atoms with Gasteiger partial charge in [0.2, 0.25) is 5.28 Å². The number of nitrogens with zero attached hydrogens (tertiary/aromatic N) is 3. The highest BCUT2D eigenvalue weighted by Crippen LogP contribution is 2.42. The smallest absolute Gasteiger partial charge is 0.224 e. The summed E-state index contributed by atoms with van der Waals surface area (Å²) >= 11 is 6.12. The van der Waals surface area contributed by atoms with E-state index in [2.05, 4.69) is 56.4 Å². The summed E-state index contributed by atoms with van der Waals surface area (Å²) in [6, 6.07) is 1.86. The van der Waals surface area contributed by atoms with Crippen molar-refractivity contribution in [2.24, 2.45) is 0 Å². The fourth-order valence-electron chi connectivity index (χ4n) is 4.88. The number of sulfone groups is 1. The highest BCUT2D eigenvalue weighted by Gasteiger charge is 2.45. The third-order valence-electron chi connectivity index (χ3n) is 6.22. The molecule has 7 nitrogen and oxygen atoms in total. The molecule has 10 heteroatoms. The van der Waals surface area contributed by atoms with Crippen molar-refractivity contribution in [2.45, 2.75) is 76.9 Å². The van der Waals surface area contributed by atoms with Crippen LogP contribution < -0.4 is 4.90 Å². The normalized spacial score (nSPS) is 18.4. The zero-order chi connectivity index (χ0) is 23.4. The number of rotatable bonds is 10. The minimum atomic E-state index is -3.41. The molecule has 1 saturated heterocycles. The monoisotopic (exact) mass is 491 g/mol. The molecule has 0 radical (unpaired) electrons. The lowest BCUT2D eigenvalue weighted by Crippen LogP contribution is -2.48. The molecule has 0 amide bonds. The van der Waals surface area contributed by atoms with E-state index in [1.54, 1.807) is 6.07 Å². The van der Waals surface area contributed by atoms with Crippen LogP contribution >= 0.6 is 11.6 Å². The Labute approximate surface area is 193 Å². The second kappa shape index (κ2) is 10.9. The molecule has 1 aromatic heterocycles. The molecule has 1 aliphatic heterocycles. The van der Waals surface area contributed by atoms with Crippen LogP contribution in [-0.4, -0.2) is 64.9 Å². The molecular weight excluding hydrogens is 454 g/mol. The minimum absolute atomic E-state index is 0.0289. The first-order valence-electron chi connectivity index (χ1n) is 11.1. The van der Waals surface area contributed by atoms with Crippen LogP contribution in [0.15, 0.2) is 6.07 Å². The molecular formula is C21H38ClN3O4SSi. The quantitative estimate of drug-likeness (QED) is 0.353. The van der Waals surface area contributed by atoms with Gasteiger partial charge in [-0.25, -0.2) is 18.4 Å². The largest absolute Gasteiger partial charge is 0.415 e. The fourth-order valence-corrected chi connectivity index (χ4v) is 11.8. The third kappa shape index (κ3) is 6.63. The van der Waals surface area contributed by atoms with Crippen molar-refractivity contribution in [3.05, 3.63) is 17.0 Å². The van der Waals surface area contributed by atoms with Crippen molar-refractivity contribution in [1.82, 2.24) is 9.97 Å². The van der Waals surface area contributed by atoms with E-state index in [1.807, 2.05) is 6.92 Å². The van der Waals surface area contributed by atoms with Gasteiger partial charge in [0.05, 0.1) is 36.5 Å². The standard InChI is InChI=1S/C21H38ClN3O4SSi/c1-15(2)31(16(3)4,17(5)6)29-10-11-30(26,27)14-19-12-20(24-21(22)23-19)25-8-9-28-13-18(25)7/h12,15-18H,8-11,13-14H2,1-7H3/t18-/m0/s1. The van der Waals surface area contributed by atoms with Gasteiger partial charge in [-0.15, -0.1) is 0 Å². The van der Waals surface area contributed by atoms with Crippen molar-refractivity contribution < 1.29 is 17.6 Å². The summed E-state index contributed by atoms with van der Waals surface area (Å²) in [5.41, 5.74) is 1.64. The van der Waals surface area contributed by atoms with Crippen molar-refractivity contribution in [1.29, 1.82) is 0 Å². The van der Waals surface area contributed by atoms with E-state index in [1.165, 1.54) is 0 Å². The maximum atomic E-state index is 12.9. The summed E-state index contributed by atoms with van der Waals surface area (Å²) in [6.45, 7) is 17.3. The lowest BCUT2D eigenvalue weighted by atomic mass is 10.2. The summed E-state index contributed by atoms with van der Waals surface area (Å²) in [5, 5.41) is 0.0588. The second-order valence-corrected chi connectivity index (χ2v) is 17.3. The van der Waals surface area contributed by atoms with Crippen LogP contribution in [0.25, 0.3) is 0 Å². The Balaban J connectivity index is 2.10. The molecule has 0 aliphatic carbocycles. The molecule has 0 spiro atoms. The van der Waals surface area contributed by atoms with Crippen molar-refractivity contribution in [3.63, 3.8) is 0 Å². The van der Waals surface area contributed by atoms with Gasteiger partial charge < -0.3 is 14.1 Å². The molecule has 2 rings (SSSR count). The number of hydrogen-bond acceptors (Lipinski definition) is 7. The molecule has 2 heterocycles. The summed E-state index contributed by atoms with van der Waals surface area (Å²) in [5.74, 6) is 0.436. The van der Waals surface area contributed by atoms with Gasteiger partial charge in [0, 0.05) is 19.2 Å². The minimum Gasteiger partial charge on any atom is -0.415 e. The van der Waals surface area contributed by atoms with E-state index in [0.29, 0.717) is 47.9 Å². The Morgan fingerprint density at radius 2 is 1.81 bits per heavy atom. The predicted octanol–water partition coefficient (Wildman–Crippen LogP) is 4.46. The first-order chi connectivity index (χ1) is 14.4. The number of anilines is 1. The van der Waals surface area contributed by atoms with Gasteiger partial charge in [-0.3, -0.25) is 0 Å². The second-order valence-electron chi connectivity index (χ2n) is 9.36. The van der Waals surface area contributed by atoms with Crippen LogP contribution in [0, 0.1) is 0 Å². The first-order valence-corrected chi connectivity index (χ1v) is 15.4. The van der Waals surface area contributed by atoms with Crippen molar-refractivity contribution in [2.75, 3.05) is 37.0 Å². The topological polar surface area (TPSA) is 81.6 Å². The van der Waals surface area contributed by atoms with Crippen molar-refractivity contribution in [3.8, 4) is 0 Å². The molecule has 31 heavy (non-hydrogen) atoms. The summed E-state index contributed by atoms with van der Waals surface area (Å²) < 4.78 is 37.6. The molecule has 0 bridgehead atoms. The molecule has 1 aromatic rings. The molecule has 0 aromatic carbocycles. The number of aromatic nitrogens is 2. The summed E-state index contributed by atoms with van der Waals surface area (Å²) in [7, 11) is -5.50. The van der Waals surface area contributed by atoms with Crippen LogP contribution in [0.2, 0.25) is 21.9 Å². The zero-order valence-corrected chi connectivity index (χ0v) is 22.5. The predicted molar refractivity (Wildman–Crippen MR) is 129 cm³/mol. The van der Waals surface area contributed by atoms with Gasteiger partial charge in [-0.2, -0.15) is 0 Å². The van der Waals surface area contributed by atoms with Gasteiger partial charge in [0.1, 0.15) is 5.82 Å². The summed E-state index contributed by atoms with van der Waals surface area (Å²) in [6.07, 6.45) is 0. The average molecular weight is 492 g/mol. The Bertz CT molecular complexity index is 814. The maximum Gasteiger partial charge on any atom is 0.224 e. The molecule has 0 saturated carbocycles. The van der Waals surface area contributed by atoms with Crippen LogP contribution in [0.3, 0.4) is 0 Å². The van der Waals surface area contributed by atoms with Crippen LogP contribution in [0.4, 0.5) is 5.82 Å². The fraction of sp³-hybridized carbons (Fsp3) is 0.810. The van der Waals surface area contributed by atoms with E-state index in [-0.39, 0.29) is 29.4 Å². The average Bonchev–Trinajstić information content (AvgIpc) is 2.63. The number of hydrogen-bond donors (Lipinski definition) is 0. The SMILES string of the molecule is CC(C)[Si](OCCS(=O)(=O)Cc1cc(N2CCOC[C@@H]2C)nc(Cl)n1)(C(C)C)C(C)C. The zero-order valence-electron chi connectivity index (χ0n) is 19.9. The van der Waals surface area contributed by atoms with Gasteiger partial charge in [0.25, 0.3) is 0 Å². The van der Waals surface area contributed by atoms with Gasteiger partial charge in [-0.1, -0.05) is 41.5 Å². The van der Waals surface area contributed by atoms with Crippen molar-refractivity contribution >= 4 is 35.6 Å². The van der Waals surface area contributed by atoms with Gasteiger partial charge >= 0.3 is 0 Å². The first kappa shape index (κ1) is 26.5. The highest BCUT2D eigenvalue weighted by molar-refractivity contribution is 7.90. The lowest BCUT2D eigenvalue weighted by molar-refractivity contribution is 0.0985. The third-order valence-corrected chi connectivity index (χ3v) is 14.0. The van der Waals surface area contributed by atoms with E-state index in [9.17, 15) is 8.42 Å². The van der Waals surface area contributed by atoms with E-state index < -0.39 is 18.2 Å². The molecule has 0 N–H and O–H groups in total. The Morgan fingerprint density at radius 1 is 1.19 bits per heavy atom. The van der Waals surface area contributed by atoms with Gasteiger partial charge in [-0.05, 0) is 35.1 Å². The van der Waals surface area contributed by atoms with Gasteiger partial charge in [0.15, 0.2) is 18.2 Å². The summed E-state index contributed by atoms with van der Waals surface area (Å²) in [4.78, 5) is 10.5. The number of halogens is 1. The number of morpholine rings is 1. The maximum absolute atomic E-state index is 12.9. The molecule has 1 atom stereocenters. The van der Waals surface area contributed by atoms with E-state index in [4.69, 9.17) is 20.8 Å². The van der Waals surface area contributed by atoms with E-state index >= 15 is 0 Å².